The Bertz CT molecular complexity index is 2830. The van der Waals surface area contributed by atoms with E-state index in [0.29, 0.717) is 22.4 Å². The average molecular weight is 1020 g/mol. The zero-order valence-corrected chi connectivity index (χ0v) is 42.9. The number of benzene rings is 2. The lowest BCUT2D eigenvalue weighted by atomic mass is 9.85. The topological polar surface area (TPSA) is 227 Å². The number of aliphatic imine (C=N–C) groups is 1. The van der Waals surface area contributed by atoms with Crippen LogP contribution in [0.3, 0.4) is 0 Å². The van der Waals surface area contributed by atoms with Crippen molar-refractivity contribution in [3.63, 3.8) is 0 Å². The van der Waals surface area contributed by atoms with Crippen LogP contribution in [0.15, 0.2) is 59.0 Å². The molecule has 69 heavy (non-hydrogen) atoms. The van der Waals surface area contributed by atoms with Crippen molar-refractivity contribution in [1.29, 1.82) is 0 Å². The molecule has 1 fully saturated rings. The number of fused-ring (bicyclic) bond motifs is 3. The molecule has 0 aliphatic carbocycles. The Morgan fingerprint density at radius 1 is 0.957 bits per heavy atom. The number of amides is 4. The maximum absolute atomic E-state index is 14.0. The minimum Gasteiger partial charge on any atom is -0.391 e. The fourth-order valence-electron chi connectivity index (χ4n) is 8.36. The molecule has 2 aromatic carbocycles. The number of aliphatic hydroxyl groups excluding tert-OH is 1. The van der Waals surface area contributed by atoms with E-state index in [-0.39, 0.29) is 57.0 Å². The molecule has 1 saturated heterocycles. The summed E-state index contributed by atoms with van der Waals surface area (Å²) in [5, 5.41) is 29.2. The minimum absolute atomic E-state index is 0.0491. The van der Waals surface area contributed by atoms with Crippen LogP contribution in [0.25, 0.3) is 15.4 Å². The second kappa shape index (κ2) is 21.7. The maximum atomic E-state index is 14.0. The van der Waals surface area contributed by atoms with Crippen molar-refractivity contribution in [2.75, 3.05) is 37.8 Å². The number of sulfone groups is 1. The lowest BCUT2D eigenvalue weighted by Gasteiger charge is -2.35. The Labute approximate surface area is 415 Å². The van der Waals surface area contributed by atoms with Gasteiger partial charge in [0, 0.05) is 53.7 Å². The smallest absolute Gasteiger partial charge is 0.246 e. The van der Waals surface area contributed by atoms with Crippen LogP contribution in [-0.2, 0) is 40.3 Å². The first-order valence-corrected chi connectivity index (χ1v) is 26.6. The SMILES string of the molecule is Cc1ncsc1-c1ccc(CNC(=O)[C@@H]2C[C@@H](O)CN2C(=O)[C@@H](NC(=O)COCCCS(=O)(=O)CCNC(=O)CC2N=C(c3ccc(Cl)cc3)c3c(sc(C)c3C)-n3c(C)nnc32)C(C)(C)C)cc1. The largest absolute Gasteiger partial charge is 0.391 e. The summed E-state index contributed by atoms with van der Waals surface area (Å²) in [6.45, 7) is 12.8. The number of ether oxygens (including phenoxy) is 1. The van der Waals surface area contributed by atoms with E-state index in [4.69, 9.17) is 21.3 Å². The fourth-order valence-corrected chi connectivity index (χ4v) is 11.7. The van der Waals surface area contributed by atoms with E-state index < -0.39 is 69.7 Å². The predicted molar refractivity (Wildman–Crippen MR) is 267 cm³/mol. The van der Waals surface area contributed by atoms with Gasteiger partial charge in [0.15, 0.2) is 15.7 Å². The zero-order valence-electron chi connectivity index (χ0n) is 39.7. The van der Waals surface area contributed by atoms with Crippen LogP contribution in [0.2, 0.25) is 5.02 Å². The number of thiazole rings is 1. The highest BCUT2D eigenvalue weighted by Gasteiger charge is 2.44. The van der Waals surface area contributed by atoms with Gasteiger partial charge in [-0.05, 0) is 68.4 Å². The van der Waals surface area contributed by atoms with Crippen LogP contribution >= 0.6 is 34.3 Å². The van der Waals surface area contributed by atoms with Gasteiger partial charge in [-0.15, -0.1) is 32.9 Å². The van der Waals surface area contributed by atoms with Gasteiger partial charge < -0.3 is 30.7 Å². The Morgan fingerprint density at radius 2 is 1.67 bits per heavy atom. The van der Waals surface area contributed by atoms with E-state index in [1.54, 1.807) is 61.1 Å². The normalized spacial score (nSPS) is 17.4. The third kappa shape index (κ3) is 12.3. The molecule has 4 N–H and O–H groups in total. The van der Waals surface area contributed by atoms with Gasteiger partial charge >= 0.3 is 0 Å². The molecule has 4 amide bonds. The molecule has 0 saturated carbocycles. The number of β-amino-alcohol motifs (C(OH)–C–C–N with tert-alkyl or cyclic N) is 1. The molecule has 7 rings (SSSR count). The van der Waals surface area contributed by atoms with Crippen LogP contribution in [-0.4, -0.2) is 124 Å². The summed E-state index contributed by atoms with van der Waals surface area (Å²) in [5.74, 6) is -1.33. The first-order valence-electron chi connectivity index (χ1n) is 22.7. The number of hydrogen-bond donors (Lipinski definition) is 4. The summed E-state index contributed by atoms with van der Waals surface area (Å²) in [7, 11) is -3.62. The predicted octanol–water partition coefficient (Wildman–Crippen LogP) is 5.37. The zero-order chi connectivity index (χ0) is 49.8. The number of carbonyl (C=O) groups excluding carboxylic acids is 4. The van der Waals surface area contributed by atoms with Gasteiger partial charge in [-0.3, -0.25) is 28.7 Å². The molecule has 21 heteroatoms. The monoisotopic (exact) mass is 1020 g/mol. The number of nitrogens with one attached hydrogen (secondary N) is 3. The van der Waals surface area contributed by atoms with Crippen LogP contribution < -0.4 is 16.0 Å². The Balaban J connectivity index is 0.863. The van der Waals surface area contributed by atoms with Crippen molar-refractivity contribution in [3.05, 3.63) is 104 Å². The van der Waals surface area contributed by atoms with Crippen LogP contribution in [0, 0.1) is 33.1 Å². The molecule has 2 aliphatic heterocycles. The molecule has 2 aliphatic rings. The molecule has 17 nitrogen and oxygen atoms in total. The number of aromatic nitrogens is 4. The van der Waals surface area contributed by atoms with E-state index in [1.165, 1.54) is 4.90 Å². The number of likely N-dealkylation sites (tertiary alicyclic amines) is 1. The van der Waals surface area contributed by atoms with Gasteiger partial charge in [0.1, 0.15) is 35.6 Å². The minimum atomic E-state index is -3.62. The Morgan fingerprint density at radius 3 is 2.35 bits per heavy atom. The third-order valence-electron chi connectivity index (χ3n) is 12.2. The summed E-state index contributed by atoms with van der Waals surface area (Å²) < 4.78 is 33.5. The number of thiophene rings is 1. The van der Waals surface area contributed by atoms with Gasteiger partial charge in [-0.2, -0.15) is 0 Å². The molecular formula is C48H58ClN9O8S3. The number of hydrogen-bond acceptors (Lipinski definition) is 14. The maximum Gasteiger partial charge on any atom is 0.246 e. The number of aryl methyl sites for hydroxylation is 3. The van der Waals surface area contributed by atoms with E-state index in [9.17, 15) is 32.7 Å². The van der Waals surface area contributed by atoms with Crippen LogP contribution in [0.5, 0.6) is 0 Å². The van der Waals surface area contributed by atoms with Crippen molar-refractivity contribution in [2.45, 2.75) is 98.5 Å². The summed E-state index contributed by atoms with van der Waals surface area (Å²) in [4.78, 5) is 66.9. The summed E-state index contributed by atoms with van der Waals surface area (Å²) in [6.07, 6.45) is -0.882. The summed E-state index contributed by atoms with van der Waals surface area (Å²) in [5.41, 5.74) is 7.36. The summed E-state index contributed by atoms with van der Waals surface area (Å²) in [6, 6.07) is 12.4. The Kier molecular flexibility index (Phi) is 16.2. The first-order chi connectivity index (χ1) is 32.7. The van der Waals surface area contributed by atoms with Gasteiger partial charge in [0.2, 0.25) is 23.6 Å². The van der Waals surface area contributed by atoms with E-state index in [2.05, 4.69) is 31.1 Å². The molecule has 3 aromatic heterocycles. The molecular weight excluding hydrogens is 962 g/mol. The molecule has 0 spiro atoms. The molecule has 5 aromatic rings. The summed E-state index contributed by atoms with van der Waals surface area (Å²) >= 11 is 9.37. The van der Waals surface area contributed by atoms with Crippen LogP contribution in [0.1, 0.15) is 90.5 Å². The highest BCUT2D eigenvalue weighted by Crippen LogP contribution is 2.40. The molecule has 4 atom stereocenters. The highest BCUT2D eigenvalue weighted by molar-refractivity contribution is 7.91. The fraction of sp³-hybridized carbons (Fsp3) is 0.458. The molecule has 1 unspecified atom stereocenters. The van der Waals surface area contributed by atoms with Crippen molar-refractivity contribution in [3.8, 4) is 15.4 Å². The van der Waals surface area contributed by atoms with Gasteiger partial charge in [-0.1, -0.05) is 68.8 Å². The number of carbonyl (C=O) groups is 4. The standard InChI is InChI=1S/C48H58ClN9O8S3/c1-27-29(3)68-47-40(27)41(32-13-15-34(49)16-14-32)53-36(44-56-55-30(4)58(44)47)22-38(60)50-17-20-69(64,65)19-8-18-66-25-39(61)54-43(48(5,6)7)46(63)57-24-35(59)21-37(57)45(62)51-23-31-9-11-33(12-10-31)42-28(2)52-26-67-42/h9-16,26,35-37,43,59H,8,17-25H2,1-7H3,(H,50,60)(H,51,62)(H,54,61)/t35-,36?,37+,43-/m1/s1. The van der Waals surface area contributed by atoms with E-state index in [0.717, 1.165) is 48.3 Å². The lowest BCUT2D eigenvalue weighted by Crippen LogP contribution is -2.58. The van der Waals surface area contributed by atoms with E-state index in [1.807, 2.05) is 68.7 Å². The Hall–Kier alpha value is -5.38. The van der Waals surface area contributed by atoms with Crippen molar-refractivity contribution in [2.24, 2.45) is 10.4 Å². The van der Waals surface area contributed by atoms with E-state index >= 15 is 0 Å². The molecule has 0 radical (unpaired) electrons. The van der Waals surface area contributed by atoms with Gasteiger partial charge in [0.25, 0.3) is 0 Å². The van der Waals surface area contributed by atoms with Gasteiger partial charge in [0.05, 0.1) is 45.8 Å². The highest BCUT2D eigenvalue weighted by atomic mass is 35.5. The van der Waals surface area contributed by atoms with Crippen molar-refractivity contribution >= 4 is 73.5 Å². The van der Waals surface area contributed by atoms with Crippen molar-refractivity contribution < 1.29 is 37.4 Å². The quantitative estimate of drug-likeness (QED) is 0.0817. The lowest BCUT2D eigenvalue weighted by molar-refractivity contribution is -0.144. The molecule has 368 valence electrons. The molecule has 0 bridgehead atoms. The van der Waals surface area contributed by atoms with Crippen molar-refractivity contribution in [1.82, 2.24) is 40.6 Å². The second-order valence-corrected chi connectivity index (χ2v) is 23.3. The number of halogens is 1. The number of nitrogens with zero attached hydrogens (tertiary/aromatic N) is 6. The van der Waals surface area contributed by atoms with Gasteiger partial charge in [-0.25, -0.2) is 13.4 Å². The number of rotatable bonds is 18. The molecule has 5 heterocycles. The second-order valence-electron chi connectivity index (χ2n) is 18.5. The first kappa shape index (κ1) is 51.5. The number of aliphatic hydroxyl groups is 1. The van der Waals surface area contributed by atoms with Crippen LogP contribution in [0.4, 0.5) is 0 Å². The average Bonchev–Trinajstić information content (AvgIpc) is 4.06. The third-order valence-corrected chi connectivity index (χ3v) is 16.3.